The number of benzene rings is 2. The van der Waals surface area contributed by atoms with Crippen molar-refractivity contribution < 1.29 is 14.1 Å². The average molecular weight is 582 g/mol. The van der Waals surface area contributed by atoms with Crippen LogP contribution in [0.5, 0.6) is 5.75 Å². The van der Waals surface area contributed by atoms with Gasteiger partial charge in [-0.25, -0.2) is 9.97 Å². The largest absolute Gasteiger partial charge is 0.494 e. The van der Waals surface area contributed by atoms with Crippen LogP contribution in [0.3, 0.4) is 0 Å². The predicted molar refractivity (Wildman–Crippen MR) is 162 cm³/mol. The minimum atomic E-state index is -0.357. The normalized spacial score (nSPS) is 19.4. The summed E-state index contributed by atoms with van der Waals surface area (Å²) in [5.41, 5.74) is 3.91. The number of nitro groups is 1. The number of hydrogen-bond donors (Lipinski definition) is 1. The Morgan fingerprint density at radius 3 is 2.60 bits per heavy atom. The number of likely N-dealkylation sites (tertiary alicyclic amines) is 1. The number of aromatic nitrogens is 5. The monoisotopic (exact) mass is 581 g/mol. The van der Waals surface area contributed by atoms with E-state index in [1.807, 2.05) is 54.0 Å². The third-order valence-electron chi connectivity index (χ3n) is 8.60. The first-order chi connectivity index (χ1) is 20.7. The van der Waals surface area contributed by atoms with Crippen LogP contribution in [0.25, 0.3) is 33.6 Å². The maximum atomic E-state index is 12.3. The first-order valence-electron chi connectivity index (χ1n) is 14.0. The molecule has 7 rings (SSSR count). The summed E-state index contributed by atoms with van der Waals surface area (Å²) in [6.45, 7) is 3.72. The number of para-hydroxylation sites is 1. The van der Waals surface area contributed by atoms with Gasteiger partial charge < -0.3 is 28.8 Å². The lowest BCUT2D eigenvalue weighted by atomic mass is 10.1. The van der Waals surface area contributed by atoms with Gasteiger partial charge in [0, 0.05) is 81.1 Å². The van der Waals surface area contributed by atoms with Crippen LogP contribution < -0.4 is 15.0 Å². The van der Waals surface area contributed by atoms with Crippen LogP contribution >= 0.6 is 0 Å². The number of rotatable bonds is 8. The zero-order chi connectivity index (χ0) is 30.0. The third-order valence-corrected chi connectivity index (χ3v) is 8.60. The van der Waals surface area contributed by atoms with Crippen LogP contribution in [-0.4, -0.2) is 74.9 Å². The fourth-order valence-electron chi connectivity index (χ4n) is 6.55. The molecule has 13 heteroatoms. The number of nitro benzene ring substituents is 1. The number of methoxy groups -OCH3 is 1. The standard InChI is InChI=1S/C30H31N9O4/c1-16-34-35-29(43-16)18-12-31-30(33-27(18)19-15-37(3)23-9-7-6-8-17(19)23)32-22-10-25(39(40)41)24(11-26(22)42-5)38(4)28-20-13-36(2)14-21(20)28/h6-12,15,20-21,28H,13-14H2,1-5H3,(H,31,32,33)/t20-,21?,28+/m0/s1. The number of aryl methyl sites for hydroxylation is 2. The highest BCUT2D eigenvalue weighted by molar-refractivity contribution is 5.98. The molecule has 2 aliphatic rings. The Morgan fingerprint density at radius 2 is 1.91 bits per heavy atom. The van der Waals surface area contributed by atoms with Crippen LogP contribution in [0.15, 0.2) is 53.2 Å². The van der Waals surface area contributed by atoms with Crippen molar-refractivity contribution >= 4 is 33.9 Å². The zero-order valence-corrected chi connectivity index (χ0v) is 24.5. The molecule has 1 saturated carbocycles. The van der Waals surface area contributed by atoms with E-state index in [0.717, 1.165) is 29.6 Å². The first-order valence-corrected chi connectivity index (χ1v) is 14.0. The molecule has 0 spiro atoms. The van der Waals surface area contributed by atoms with Crippen LogP contribution in [0.2, 0.25) is 0 Å². The molecule has 1 unspecified atom stereocenters. The SMILES string of the molecule is COc1cc(N(C)[C@H]2C3CN(C)C[C@@H]32)c([N+](=O)[O-])cc1Nc1ncc(-c2nnc(C)o2)c(-c2cn(C)c3ccccc23)n1. The second-order valence-corrected chi connectivity index (χ2v) is 11.3. The molecule has 1 N–H and O–H groups in total. The molecular formula is C30H31N9O4. The molecule has 2 fully saturated rings. The highest BCUT2D eigenvalue weighted by atomic mass is 16.6. The second-order valence-electron chi connectivity index (χ2n) is 11.3. The Balaban J connectivity index is 1.29. The molecule has 0 amide bonds. The topological polar surface area (TPSA) is 141 Å². The van der Waals surface area contributed by atoms with Gasteiger partial charge in [0.05, 0.1) is 29.0 Å². The molecule has 3 aromatic heterocycles. The molecule has 13 nitrogen and oxygen atoms in total. The number of piperidine rings is 1. The molecule has 43 heavy (non-hydrogen) atoms. The van der Waals surface area contributed by atoms with Gasteiger partial charge >= 0.3 is 0 Å². The lowest BCUT2D eigenvalue weighted by Crippen LogP contribution is -2.31. The summed E-state index contributed by atoms with van der Waals surface area (Å²) in [6.07, 6.45) is 3.61. The van der Waals surface area contributed by atoms with Crippen molar-refractivity contribution in [2.45, 2.75) is 13.0 Å². The minimum Gasteiger partial charge on any atom is -0.494 e. The summed E-state index contributed by atoms with van der Waals surface area (Å²) in [5, 5.41) is 24.6. The van der Waals surface area contributed by atoms with Crippen molar-refractivity contribution in [1.29, 1.82) is 0 Å². The Bertz CT molecular complexity index is 1870. The van der Waals surface area contributed by atoms with E-state index in [-0.39, 0.29) is 22.6 Å². The molecule has 0 bridgehead atoms. The van der Waals surface area contributed by atoms with Gasteiger partial charge in [0.1, 0.15) is 11.4 Å². The van der Waals surface area contributed by atoms with E-state index in [4.69, 9.17) is 14.1 Å². The van der Waals surface area contributed by atoms with Gasteiger partial charge in [0.25, 0.3) is 11.6 Å². The zero-order valence-electron chi connectivity index (χ0n) is 24.5. The number of ether oxygens (including phenoxy) is 1. The van der Waals surface area contributed by atoms with Crippen LogP contribution in [0.4, 0.5) is 23.0 Å². The summed E-state index contributed by atoms with van der Waals surface area (Å²) in [4.78, 5) is 25.7. The molecule has 0 radical (unpaired) electrons. The van der Waals surface area contributed by atoms with Gasteiger partial charge in [-0.3, -0.25) is 10.1 Å². The van der Waals surface area contributed by atoms with Gasteiger partial charge in [-0.05, 0) is 24.9 Å². The van der Waals surface area contributed by atoms with Crippen LogP contribution in [0.1, 0.15) is 5.89 Å². The molecular weight excluding hydrogens is 550 g/mol. The fraction of sp³-hybridized carbons (Fsp3) is 0.333. The second kappa shape index (κ2) is 10.1. The lowest BCUT2D eigenvalue weighted by molar-refractivity contribution is -0.384. The molecule has 2 aromatic carbocycles. The highest BCUT2D eigenvalue weighted by Crippen LogP contribution is 2.51. The Morgan fingerprint density at radius 1 is 1.14 bits per heavy atom. The Kier molecular flexibility index (Phi) is 6.27. The number of fused-ring (bicyclic) bond motifs is 2. The molecule has 220 valence electrons. The van der Waals surface area contributed by atoms with E-state index in [9.17, 15) is 10.1 Å². The van der Waals surface area contributed by atoms with E-state index in [1.165, 1.54) is 6.07 Å². The number of anilines is 3. The van der Waals surface area contributed by atoms with Crippen LogP contribution in [0, 0.1) is 28.9 Å². The van der Waals surface area contributed by atoms with Crippen molar-refractivity contribution in [3.05, 3.63) is 64.8 Å². The highest BCUT2D eigenvalue weighted by Gasteiger charge is 2.57. The molecule has 4 heterocycles. The van der Waals surface area contributed by atoms with E-state index in [0.29, 0.717) is 52.0 Å². The quantitative estimate of drug-likeness (QED) is 0.202. The summed E-state index contributed by atoms with van der Waals surface area (Å²) in [6, 6.07) is 11.5. The summed E-state index contributed by atoms with van der Waals surface area (Å²) in [7, 11) is 7.55. The average Bonchev–Trinajstić information content (AvgIpc) is 3.31. The molecule has 1 aliphatic heterocycles. The smallest absolute Gasteiger partial charge is 0.294 e. The lowest BCUT2D eigenvalue weighted by Gasteiger charge is -2.24. The Labute approximate surface area is 247 Å². The first kappa shape index (κ1) is 26.8. The summed E-state index contributed by atoms with van der Waals surface area (Å²) < 4.78 is 13.5. The summed E-state index contributed by atoms with van der Waals surface area (Å²) >= 11 is 0. The molecule has 5 aromatic rings. The van der Waals surface area contributed by atoms with Crippen LogP contribution in [-0.2, 0) is 7.05 Å². The van der Waals surface area contributed by atoms with Gasteiger partial charge in [-0.2, -0.15) is 0 Å². The maximum absolute atomic E-state index is 12.3. The van der Waals surface area contributed by atoms with E-state index in [1.54, 1.807) is 26.3 Å². The van der Waals surface area contributed by atoms with Gasteiger partial charge in [0.15, 0.2) is 0 Å². The molecule has 1 saturated heterocycles. The Hall–Kier alpha value is -5.04. The summed E-state index contributed by atoms with van der Waals surface area (Å²) in [5.74, 6) is 2.42. The van der Waals surface area contributed by atoms with Crippen molar-refractivity contribution in [2.75, 3.05) is 44.5 Å². The van der Waals surface area contributed by atoms with Gasteiger partial charge in [0.2, 0.25) is 11.8 Å². The van der Waals surface area contributed by atoms with E-state index >= 15 is 0 Å². The number of nitrogens with one attached hydrogen (secondary N) is 1. The van der Waals surface area contributed by atoms with E-state index in [2.05, 4.69) is 32.4 Å². The van der Waals surface area contributed by atoms with E-state index < -0.39 is 0 Å². The van der Waals surface area contributed by atoms with Crippen molar-refractivity contribution in [3.63, 3.8) is 0 Å². The van der Waals surface area contributed by atoms with Crippen molar-refractivity contribution in [2.24, 2.45) is 18.9 Å². The fourth-order valence-corrected chi connectivity index (χ4v) is 6.55. The molecule has 1 aliphatic carbocycles. The van der Waals surface area contributed by atoms with Crippen molar-refractivity contribution in [3.8, 4) is 28.5 Å². The maximum Gasteiger partial charge on any atom is 0.294 e. The van der Waals surface area contributed by atoms with Crippen molar-refractivity contribution in [1.82, 2.24) is 29.6 Å². The minimum absolute atomic E-state index is 0.0173. The number of nitrogens with zero attached hydrogens (tertiary/aromatic N) is 8. The molecule has 3 atom stereocenters. The predicted octanol–water partition coefficient (Wildman–Crippen LogP) is 4.65. The van der Waals surface area contributed by atoms with Gasteiger partial charge in [-0.1, -0.05) is 18.2 Å². The third kappa shape index (κ3) is 4.52. The number of hydrogen-bond acceptors (Lipinski definition) is 11. The van der Waals surface area contributed by atoms with Gasteiger partial charge in [-0.15, -0.1) is 10.2 Å².